The van der Waals surface area contributed by atoms with Crippen molar-refractivity contribution in [3.63, 3.8) is 0 Å². The summed E-state index contributed by atoms with van der Waals surface area (Å²) < 4.78 is 14.0. The van der Waals surface area contributed by atoms with Crippen molar-refractivity contribution in [1.29, 1.82) is 0 Å². The minimum Gasteiger partial charge on any atom is -0.508 e. The minimum absolute atomic E-state index is 0.124. The number of H-pyrrole nitrogens is 2. The first-order chi connectivity index (χ1) is 17.6. The van der Waals surface area contributed by atoms with Gasteiger partial charge in [0.2, 0.25) is 0 Å². The van der Waals surface area contributed by atoms with Crippen LogP contribution in [-0.4, -0.2) is 36.8 Å². The van der Waals surface area contributed by atoms with E-state index in [2.05, 4.69) is 55.6 Å². The second kappa shape index (κ2) is 8.90. The van der Waals surface area contributed by atoms with Crippen molar-refractivity contribution in [1.82, 2.24) is 30.5 Å². The van der Waals surface area contributed by atoms with Crippen LogP contribution < -0.4 is 5.32 Å². The predicted molar refractivity (Wildman–Crippen MR) is 139 cm³/mol. The van der Waals surface area contributed by atoms with E-state index in [1.54, 1.807) is 12.3 Å². The molecule has 0 saturated carbocycles. The van der Waals surface area contributed by atoms with Crippen molar-refractivity contribution in [3.05, 3.63) is 84.6 Å². The van der Waals surface area contributed by atoms with Gasteiger partial charge in [0.25, 0.3) is 0 Å². The number of nitrogens with zero attached hydrogens (tertiary/aromatic N) is 3. The van der Waals surface area contributed by atoms with Gasteiger partial charge in [0.1, 0.15) is 22.9 Å². The van der Waals surface area contributed by atoms with Crippen LogP contribution in [-0.2, 0) is 6.54 Å². The lowest BCUT2D eigenvalue weighted by Crippen LogP contribution is -2.11. The first-order valence-corrected chi connectivity index (χ1v) is 11.7. The Labute approximate surface area is 206 Å². The summed E-state index contributed by atoms with van der Waals surface area (Å²) >= 11 is 0. The van der Waals surface area contributed by atoms with E-state index >= 15 is 0 Å². The second-order valence-corrected chi connectivity index (χ2v) is 8.70. The Kier molecular flexibility index (Phi) is 5.42. The van der Waals surface area contributed by atoms with Gasteiger partial charge in [-0.25, -0.2) is 9.37 Å². The van der Waals surface area contributed by atoms with Gasteiger partial charge in [0, 0.05) is 47.5 Å². The Morgan fingerprint density at radius 2 is 1.86 bits per heavy atom. The fraction of sp³-hybridized carbons (Fsp3) is 0.107. The maximum Gasteiger partial charge on any atom is 0.138 e. The number of phenolic OH excluding ortho intramolecular Hbond substituents is 1. The van der Waals surface area contributed by atoms with Crippen LogP contribution in [0.5, 0.6) is 5.75 Å². The molecule has 0 bridgehead atoms. The molecule has 0 amide bonds. The van der Waals surface area contributed by atoms with Crippen molar-refractivity contribution in [2.45, 2.75) is 13.5 Å². The molecule has 2 aromatic carbocycles. The highest BCUT2D eigenvalue weighted by molar-refractivity contribution is 6.00. The van der Waals surface area contributed by atoms with Crippen LogP contribution in [0, 0.1) is 5.82 Å². The normalized spacial score (nSPS) is 11.5. The topological polar surface area (TPSA) is 103 Å². The number of benzene rings is 2. The number of aromatic hydroxyl groups is 1. The van der Waals surface area contributed by atoms with E-state index in [1.807, 2.05) is 30.6 Å². The summed E-state index contributed by atoms with van der Waals surface area (Å²) in [6.45, 7) is 3.75. The Morgan fingerprint density at radius 1 is 0.944 bits per heavy atom. The van der Waals surface area contributed by atoms with E-state index in [0.29, 0.717) is 11.2 Å². The summed E-state index contributed by atoms with van der Waals surface area (Å²) in [5, 5.41) is 22.7. The SMILES string of the molecule is CCNCc1cncc(-c2ccc3[nH]nc(-c4cc5c(-c6cc(O)cc(F)c6)ccnc5[nH]4)c3c2)c1. The molecule has 36 heavy (non-hydrogen) atoms. The van der Waals surface area contributed by atoms with Crippen molar-refractivity contribution >= 4 is 21.9 Å². The van der Waals surface area contributed by atoms with Gasteiger partial charge in [0.15, 0.2) is 0 Å². The Bertz CT molecular complexity index is 1700. The summed E-state index contributed by atoms with van der Waals surface area (Å²) in [7, 11) is 0. The summed E-state index contributed by atoms with van der Waals surface area (Å²) in [6.07, 6.45) is 5.40. The van der Waals surface area contributed by atoms with E-state index in [-0.39, 0.29) is 5.75 Å². The third kappa shape index (κ3) is 3.97. The van der Waals surface area contributed by atoms with E-state index in [4.69, 9.17) is 0 Å². The second-order valence-electron chi connectivity index (χ2n) is 8.70. The molecule has 4 aromatic heterocycles. The highest BCUT2D eigenvalue weighted by atomic mass is 19.1. The van der Waals surface area contributed by atoms with Crippen LogP contribution in [0.1, 0.15) is 12.5 Å². The lowest BCUT2D eigenvalue weighted by atomic mass is 10.0. The number of aromatic nitrogens is 5. The van der Waals surface area contributed by atoms with Gasteiger partial charge in [-0.1, -0.05) is 13.0 Å². The van der Waals surface area contributed by atoms with Crippen molar-refractivity contribution in [2.75, 3.05) is 6.54 Å². The fourth-order valence-electron chi connectivity index (χ4n) is 4.55. The number of nitrogens with one attached hydrogen (secondary N) is 3. The maximum absolute atomic E-state index is 14.0. The highest BCUT2D eigenvalue weighted by Crippen LogP contribution is 2.35. The molecule has 178 valence electrons. The van der Waals surface area contributed by atoms with Gasteiger partial charge in [-0.15, -0.1) is 0 Å². The zero-order valence-corrected chi connectivity index (χ0v) is 19.5. The van der Waals surface area contributed by atoms with Gasteiger partial charge in [0.05, 0.1) is 11.2 Å². The third-order valence-corrected chi connectivity index (χ3v) is 6.25. The smallest absolute Gasteiger partial charge is 0.138 e. The van der Waals surface area contributed by atoms with E-state index < -0.39 is 5.82 Å². The molecule has 0 fully saturated rings. The lowest BCUT2D eigenvalue weighted by molar-refractivity contribution is 0.469. The molecule has 6 aromatic rings. The molecule has 0 aliphatic heterocycles. The predicted octanol–water partition coefficient (Wildman–Crippen LogP) is 5.79. The number of halogens is 1. The maximum atomic E-state index is 14.0. The molecule has 4 N–H and O–H groups in total. The lowest BCUT2D eigenvalue weighted by Gasteiger charge is -2.06. The van der Waals surface area contributed by atoms with E-state index in [1.165, 1.54) is 6.07 Å². The molecular formula is C28H23FN6O. The molecular weight excluding hydrogens is 455 g/mol. The molecule has 0 aliphatic rings. The van der Waals surface area contributed by atoms with Gasteiger partial charge in [-0.2, -0.15) is 5.10 Å². The third-order valence-electron chi connectivity index (χ3n) is 6.25. The standard InChI is InChI=1S/C28H23FN6O/c1-2-30-13-16-7-19(15-31-14-16)17-3-4-25-24(10-17)27(35-34-25)26-12-23-22(5-6-32-28(23)33-26)18-8-20(29)11-21(36)9-18/h3-12,14-15,30,36H,2,13H2,1H3,(H,32,33)(H,34,35). The van der Waals surface area contributed by atoms with Crippen LogP contribution in [0.25, 0.3) is 55.6 Å². The van der Waals surface area contributed by atoms with Gasteiger partial charge in [-0.05, 0) is 71.3 Å². The van der Waals surface area contributed by atoms with Gasteiger partial charge < -0.3 is 15.4 Å². The molecule has 0 saturated heterocycles. The molecule has 0 aliphatic carbocycles. The molecule has 6 rings (SSSR count). The quantitative estimate of drug-likeness (QED) is 0.243. The number of phenols is 1. The molecule has 0 radical (unpaired) electrons. The minimum atomic E-state index is -0.499. The molecule has 0 spiro atoms. The summed E-state index contributed by atoms with van der Waals surface area (Å²) in [5.41, 5.74) is 7.64. The van der Waals surface area contributed by atoms with Gasteiger partial charge >= 0.3 is 0 Å². The first-order valence-electron chi connectivity index (χ1n) is 11.7. The van der Waals surface area contributed by atoms with Crippen LogP contribution in [0.2, 0.25) is 0 Å². The van der Waals surface area contributed by atoms with Gasteiger partial charge in [-0.3, -0.25) is 10.1 Å². The molecule has 0 unspecified atom stereocenters. The first kappa shape index (κ1) is 21.9. The monoisotopic (exact) mass is 478 g/mol. The Balaban J connectivity index is 1.44. The number of pyridine rings is 2. The van der Waals surface area contributed by atoms with Crippen LogP contribution in [0.4, 0.5) is 4.39 Å². The summed E-state index contributed by atoms with van der Waals surface area (Å²) in [6, 6.07) is 16.1. The van der Waals surface area contributed by atoms with Crippen LogP contribution in [0.15, 0.2) is 73.2 Å². The van der Waals surface area contributed by atoms with Crippen molar-refractivity contribution in [3.8, 4) is 39.4 Å². The average molecular weight is 479 g/mol. The largest absolute Gasteiger partial charge is 0.508 e. The average Bonchev–Trinajstić information content (AvgIpc) is 3.50. The molecule has 4 heterocycles. The van der Waals surface area contributed by atoms with E-state index in [9.17, 15) is 9.50 Å². The van der Waals surface area contributed by atoms with Crippen LogP contribution >= 0.6 is 0 Å². The zero-order valence-electron chi connectivity index (χ0n) is 19.5. The van der Waals surface area contributed by atoms with Crippen LogP contribution in [0.3, 0.4) is 0 Å². The zero-order chi connectivity index (χ0) is 24.6. The number of fused-ring (bicyclic) bond motifs is 2. The Hall–Kier alpha value is -4.56. The number of hydrogen-bond acceptors (Lipinski definition) is 5. The number of aromatic amines is 2. The number of rotatable bonds is 6. The molecule has 7 nitrogen and oxygen atoms in total. The van der Waals surface area contributed by atoms with Crippen molar-refractivity contribution in [2.24, 2.45) is 0 Å². The van der Waals surface area contributed by atoms with E-state index in [0.717, 1.165) is 69.1 Å². The summed E-state index contributed by atoms with van der Waals surface area (Å²) in [4.78, 5) is 12.2. The molecule has 0 atom stereocenters. The fourth-order valence-corrected chi connectivity index (χ4v) is 4.55. The van der Waals surface area contributed by atoms with Crippen molar-refractivity contribution < 1.29 is 9.50 Å². The highest BCUT2D eigenvalue weighted by Gasteiger charge is 2.16. The molecule has 8 heteroatoms. The Morgan fingerprint density at radius 3 is 2.72 bits per heavy atom. The number of hydrogen-bond donors (Lipinski definition) is 4. The summed E-state index contributed by atoms with van der Waals surface area (Å²) in [5.74, 6) is -0.624.